The first-order chi connectivity index (χ1) is 9.63. The van der Waals surface area contributed by atoms with Crippen LogP contribution in [0.15, 0.2) is 39.3 Å². The smallest absolute Gasteiger partial charge is 0.294 e. The molecule has 1 heterocycles. The Morgan fingerprint density at radius 3 is 2.48 bits per heavy atom. The van der Waals surface area contributed by atoms with Crippen molar-refractivity contribution in [1.82, 2.24) is 0 Å². The second-order valence-corrected chi connectivity index (χ2v) is 5.20. The fourth-order valence-electron chi connectivity index (χ4n) is 2.10. The molecule has 1 atom stereocenters. The first-order valence-electron chi connectivity index (χ1n) is 5.72. The molecule has 0 saturated heterocycles. The zero-order valence-corrected chi connectivity index (χ0v) is 11.7. The van der Waals surface area contributed by atoms with Gasteiger partial charge >= 0.3 is 6.18 Å². The highest BCUT2D eigenvalue weighted by molar-refractivity contribution is 8.02. The van der Waals surface area contributed by atoms with Crippen LogP contribution >= 0.6 is 11.8 Å². The zero-order chi connectivity index (χ0) is 16.0. The molecule has 0 N–H and O–H groups in total. The summed E-state index contributed by atoms with van der Waals surface area (Å²) in [5, 5.41) is 0. The molecule has 1 aliphatic carbocycles. The van der Waals surface area contributed by atoms with E-state index in [-0.39, 0.29) is 16.1 Å². The van der Waals surface area contributed by atoms with Gasteiger partial charge in [-0.1, -0.05) is 12.2 Å². The Balaban J connectivity index is 2.70. The van der Waals surface area contributed by atoms with E-state index in [4.69, 9.17) is 0 Å². The lowest BCUT2D eigenvalue weighted by molar-refractivity contribution is -0.187. The molecule has 0 spiro atoms. The third-order valence-corrected chi connectivity index (χ3v) is 3.89. The van der Waals surface area contributed by atoms with Crippen molar-refractivity contribution in [2.24, 2.45) is 4.99 Å². The van der Waals surface area contributed by atoms with Gasteiger partial charge in [0.25, 0.3) is 11.6 Å². The van der Waals surface area contributed by atoms with E-state index in [9.17, 15) is 27.2 Å². The lowest BCUT2D eigenvalue weighted by Crippen LogP contribution is -2.49. The molecule has 3 nitrogen and oxygen atoms in total. The molecule has 0 aromatic rings. The number of dihydropyridines is 1. The fraction of sp³-hybridized carbons (Fsp3) is 0.308. The highest BCUT2D eigenvalue weighted by Crippen LogP contribution is 2.45. The van der Waals surface area contributed by atoms with Gasteiger partial charge in [-0.25, -0.2) is 9.38 Å². The first-order valence-corrected chi connectivity index (χ1v) is 6.94. The first kappa shape index (κ1) is 15.7. The molecule has 0 aromatic carbocycles. The summed E-state index contributed by atoms with van der Waals surface area (Å²) in [5.41, 5.74) is -5.36. The van der Waals surface area contributed by atoms with Crippen molar-refractivity contribution in [3.05, 3.63) is 34.3 Å². The molecule has 2 rings (SSSR count). The predicted octanol–water partition coefficient (Wildman–Crippen LogP) is 2.94. The number of rotatable bonds is 2. The summed E-state index contributed by atoms with van der Waals surface area (Å²) < 4.78 is 53.3. The summed E-state index contributed by atoms with van der Waals surface area (Å²) in [7, 11) is 0. The van der Waals surface area contributed by atoms with E-state index in [2.05, 4.69) is 4.99 Å². The molecule has 0 radical (unpaired) electrons. The van der Waals surface area contributed by atoms with Crippen LogP contribution in [0.5, 0.6) is 0 Å². The standard InChI is InChI=1S/C13H9F4NO2S/c1-6(19)8-9(21-2)7-4-3-5-12(14,13(15,16)17)10(7)18-11(8)20/h3-5H,1-2H3. The monoisotopic (exact) mass is 319 g/mol. The Bertz CT molecular complexity index is 658. The molecule has 0 saturated carbocycles. The number of carbonyl (C=O) groups excluding carboxylic acids is 2. The number of hydrogen-bond donors (Lipinski definition) is 0. The van der Waals surface area contributed by atoms with E-state index in [0.29, 0.717) is 6.08 Å². The van der Waals surface area contributed by atoms with Crippen LogP contribution in [0.25, 0.3) is 0 Å². The maximum absolute atomic E-state index is 14.4. The van der Waals surface area contributed by atoms with E-state index in [1.165, 1.54) is 12.3 Å². The topological polar surface area (TPSA) is 46.5 Å². The van der Waals surface area contributed by atoms with Gasteiger partial charge in [0.1, 0.15) is 5.71 Å². The van der Waals surface area contributed by atoms with Gasteiger partial charge < -0.3 is 0 Å². The van der Waals surface area contributed by atoms with E-state index in [0.717, 1.165) is 24.8 Å². The van der Waals surface area contributed by atoms with Gasteiger partial charge in [-0.3, -0.25) is 9.59 Å². The number of aliphatic imine (C=N–C) groups is 1. The van der Waals surface area contributed by atoms with Crippen LogP contribution in [-0.4, -0.2) is 35.5 Å². The summed E-state index contributed by atoms with van der Waals surface area (Å²) in [6.07, 6.45) is -1.34. The number of carbonyl (C=O) groups is 2. The van der Waals surface area contributed by atoms with Crippen LogP contribution in [0, 0.1) is 0 Å². The van der Waals surface area contributed by atoms with E-state index >= 15 is 0 Å². The highest BCUT2D eigenvalue weighted by atomic mass is 32.2. The Morgan fingerprint density at radius 1 is 1.38 bits per heavy atom. The molecule has 8 heteroatoms. The minimum absolute atomic E-state index is 0.00752. The number of nitrogens with zero attached hydrogens (tertiary/aromatic N) is 1. The molecular weight excluding hydrogens is 310 g/mol. The number of alkyl halides is 4. The Morgan fingerprint density at radius 2 is 2.00 bits per heavy atom. The molecule has 21 heavy (non-hydrogen) atoms. The molecule has 0 aromatic heterocycles. The zero-order valence-electron chi connectivity index (χ0n) is 10.9. The van der Waals surface area contributed by atoms with Crippen molar-refractivity contribution in [2.45, 2.75) is 18.8 Å². The molecule has 2 aliphatic rings. The lowest BCUT2D eigenvalue weighted by atomic mass is 9.85. The Hall–Kier alpha value is -1.70. The van der Waals surface area contributed by atoms with Crippen molar-refractivity contribution in [3.63, 3.8) is 0 Å². The largest absolute Gasteiger partial charge is 0.432 e. The summed E-state index contributed by atoms with van der Waals surface area (Å²) in [5.74, 6) is -1.78. The third-order valence-electron chi connectivity index (χ3n) is 3.06. The maximum atomic E-state index is 14.4. The maximum Gasteiger partial charge on any atom is 0.432 e. The van der Waals surface area contributed by atoms with Crippen LogP contribution in [0.4, 0.5) is 17.6 Å². The number of Topliss-reactive ketones (excluding diaryl/α,β-unsaturated/α-hetero) is 1. The SMILES string of the molecule is CSC1=C(C(C)=O)C(=O)N=C2C1=CC=CC2(F)C(F)(F)F. The molecule has 1 aliphatic heterocycles. The highest BCUT2D eigenvalue weighted by Gasteiger charge is 2.60. The lowest BCUT2D eigenvalue weighted by Gasteiger charge is -2.32. The molecular formula is C13H9F4NO2S. The van der Waals surface area contributed by atoms with Crippen molar-refractivity contribution in [1.29, 1.82) is 0 Å². The Kier molecular flexibility index (Phi) is 3.69. The number of amides is 1. The van der Waals surface area contributed by atoms with Gasteiger partial charge in [-0.05, 0) is 19.3 Å². The minimum Gasteiger partial charge on any atom is -0.294 e. The van der Waals surface area contributed by atoms with Crippen LogP contribution < -0.4 is 0 Å². The predicted molar refractivity (Wildman–Crippen MR) is 70.8 cm³/mol. The van der Waals surface area contributed by atoms with E-state index in [1.54, 1.807) is 0 Å². The van der Waals surface area contributed by atoms with Gasteiger partial charge in [0.2, 0.25) is 0 Å². The second kappa shape index (κ2) is 4.94. The minimum atomic E-state index is -5.25. The van der Waals surface area contributed by atoms with Crippen LogP contribution in [0.1, 0.15) is 6.92 Å². The average Bonchev–Trinajstić information content (AvgIpc) is 2.36. The van der Waals surface area contributed by atoms with Crippen molar-refractivity contribution >= 4 is 29.2 Å². The summed E-state index contributed by atoms with van der Waals surface area (Å²) in [4.78, 5) is 26.5. The number of hydrogen-bond acceptors (Lipinski definition) is 3. The average molecular weight is 319 g/mol. The summed E-state index contributed by atoms with van der Waals surface area (Å²) in [6.45, 7) is 1.11. The number of halogens is 4. The normalized spacial score (nSPS) is 25.5. The van der Waals surface area contributed by atoms with E-state index in [1.807, 2.05) is 0 Å². The fourth-order valence-corrected chi connectivity index (χ4v) is 2.92. The second-order valence-electron chi connectivity index (χ2n) is 4.38. The summed E-state index contributed by atoms with van der Waals surface area (Å²) in [6, 6.07) is 0. The van der Waals surface area contributed by atoms with Crippen LogP contribution in [0.2, 0.25) is 0 Å². The quantitative estimate of drug-likeness (QED) is 0.581. The molecule has 112 valence electrons. The van der Waals surface area contributed by atoms with Crippen molar-refractivity contribution in [3.8, 4) is 0 Å². The number of ketones is 1. The van der Waals surface area contributed by atoms with Crippen molar-refractivity contribution < 1.29 is 27.2 Å². The van der Waals surface area contributed by atoms with Crippen molar-refractivity contribution in [2.75, 3.05) is 6.26 Å². The Labute approximate surface area is 121 Å². The number of allylic oxidation sites excluding steroid dienone is 4. The molecule has 0 bridgehead atoms. The van der Waals surface area contributed by atoms with Gasteiger partial charge in [-0.2, -0.15) is 13.2 Å². The van der Waals surface area contributed by atoms with Gasteiger partial charge in [0.15, 0.2) is 5.78 Å². The third kappa shape index (κ3) is 2.27. The molecule has 0 fully saturated rings. The van der Waals surface area contributed by atoms with E-state index < -0.39 is 29.2 Å². The number of thioether (sulfide) groups is 1. The van der Waals surface area contributed by atoms with Crippen LogP contribution in [0.3, 0.4) is 0 Å². The van der Waals surface area contributed by atoms with Gasteiger partial charge in [0.05, 0.1) is 5.57 Å². The van der Waals surface area contributed by atoms with Gasteiger partial charge in [-0.15, -0.1) is 11.8 Å². The molecule has 1 unspecified atom stereocenters. The van der Waals surface area contributed by atoms with Crippen LogP contribution in [-0.2, 0) is 9.59 Å². The van der Waals surface area contributed by atoms with Gasteiger partial charge in [0, 0.05) is 10.5 Å². The molecule has 1 amide bonds. The summed E-state index contributed by atoms with van der Waals surface area (Å²) >= 11 is 0.904. The number of fused-ring (bicyclic) bond motifs is 1.